The average Bonchev–Trinajstić information content (AvgIpc) is 3.69. The Morgan fingerprint density at radius 3 is 2.13 bits per heavy atom. The number of ketones is 3. The van der Waals surface area contributed by atoms with Crippen LogP contribution in [0, 0.1) is 5.92 Å². The van der Waals surface area contributed by atoms with E-state index < -0.39 is 5.41 Å². The summed E-state index contributed by atoms with van der Waals surface area (Å²) in [6, 6.07) is 22.9. The maximum atomic E-state index is 13.6. The van der Waals surface area contributed by atoms with Crippen LogP contribution in [0.5, 0.6) is 0 Å². The molecular formula is C43H46O3. The lowest BCUT2D eigenvalue weighted by atomic mass is 9.63. The fourth-order valence-corrected chi connectivity index (χ4v) is 8.83. The van der Waals surface area contributed by atoms with Gasteiger partial charge in [-0.1, -0.05) is 116 Å². The van der Waals surface area contributed by atoms with Gasteiger partial charge in [0.1, 0.15) is 5.78 Å². The zero-order valence-corrected chi connectivity index (χ0v) is 27.1. The lowest BCUT2D eigenvalue weighted by Gasteiger charge is -2.38. The van der Waals surface area contributed by atoms with Gasteiger partial charge in [0, 0.05) is 36.8 Å². The summed E-state index contributed by atoms with van der Waals surface area (Å²) in [4.78, 5) is 39.3. The molecule has 0 aliphatic heterocycles. The van der Waals surface area contributed by atoms with Crippen molar-refractivity contribution < 1.29 is 14.4 Å². The summed E-state index contributed by atoms with van der Waals surface area (Å²) in [6.45, 7) is 0. The highest BCUT2D eigenvalue weighted by Gasteiger charge is 2.49. The van der Waals surface area contributed by atoms with E-state index in [2.05, 4.69) is 60.7 Å². The van der Waals surface area contributed by atoms with Crippen LogP contribution in [-0.4, -0.2) is 17.3 Å². The second kappa shape index (κ2) is 13.5. The molecular weight excluding hydrogens is 564 g/mol. The van der Waals surface area contributed by atoms with E-state index in [4.69, 9.17) is 0 Å². The summed E-state index contributed by atoms with van der Waals surface area (Å²) in [7, 11) is 0. The molecule has 3 heteroatoms. The number of rotatable bonds is 12. The zero-order chi connectivity index (χ0) is 31.5. The highest BCUT2D eigenvalue weighted by molar-refractivity contribution is 6.07. The summed E-state index contributed by atoms with van der Waals surface area (Å²) < 4.78 is 0. The number of carbonyl (C=O) groups excluding carboxylic acids is 3. The molecule has 0 unspecified atom stereocenters. The Labute approximate surface area is 274 Å². The molecule has 46 heavy (non-hydrogen) atoms. The minimum absolute atomic E-state index is 0.100. The molecule has 3 nitrogen and oxygen atoms in total. The fourth-order valence-electron chi connectivity index (χ4n) is 8.83. The van der Waals surface area contributed by atoms with Crippen molar-refractivity contribution in [1.29, 1.82) is 0 Å². The molecule has 1 fully saturated rings. The maximum absolute atomic E-state index is 13.6. The van der Waals surface area contributed by atoms with Crippen molar-refractivity contribution in [2.45, 2.75) is 108 Å². The van der Waals surface area contributed by atoms with E-state index in [0.717, 1.165) is 56.4 Å². The Morgan fingerprint density at radius 1 is 0.696 bits per heavy atom. The summed E-state index contributed by atoms with van der Waals surface area (Å²) in [5.41, 5.74) is 9.90. The van der Waals surface area contributed by atoms with Gasteiger partial charge in [-0.3, -0.25) is 14.4 Å². The first kappa shape index (κ1) is 30.8. The van der Waals surface area contributed by atoms with Gasteiger partial charge in [0.25, 0.3) is 0 Å². The van der Waals surface area contributed by atoms with Crippen molar-refractivity contribution in [3.05, 3.63) is 129 Å². The van der Waals surface area contributed by atoms with Crippen LogP contribution in [-0.2, 0) is 16.6 Å². The first-order valence-corrected chi connectivity index (χ1v) is 17.8. The molecule has 0 atom stereocenters. The van der Waals surface area contributed by atoms with E-state index >= 15 is 0 Å². The van der Waals surface area contributed by atoms with Gasteiger partial charge in [0.15, 0.2) is 11.6 Å². The number of hydrogen-bond acceptors (Lipinski definition) is 3. The van der Waals surface area contributed by atoms with Crippen LogP contribution in [0.2, 0.25) is 0 Å². The normalized spacial score (nSPS) is 18.1. The lowest BCUT2D eigenvalue weighted by Crippen LogP contribution is -2.33. The molecule has 1 saturated carbocycles. The van der Waals surface area contributed by atoms with E-state index in [9.17, 15) is 14.4 Å². The Morgan fingerprint density at radius 2 is 1.39 bits per heavy atom. The van der Waals surface area contributed by atoms with Gasteiger partial charge in [-0.05, 0) is 84.7 Å². The molecule has 3 aromatic rings. The third kappa shape index (κ3) is 6.01. The van der Waals surface area contributed by atoms with Gasteiger partial charge in [-0.2, -0.15) is 0 Å². The molecule has 0 heterocycles. The first-order valence-electron chi connectivity index (χ1n) is 17.8. The maximum Gasteiger partial charge on any atom is 0.164 e. The molecule has 236 valence electrons. The van der Waals surface area contributed by atoms with Crippen LogP contribution in [0.1, 0.15) is 145 Å². The van der Waals surface area contributed by atoms with Crippen molar-refractivity contribution in [3.63, 3.8) is 0 Å². The minimum Gasteiger partial charge on any atom is -0.300 e. The Kier molecular flexibility index (Phi) is 9.02. The summed E-state index contributed by atoms with van der Waals surface area (Å²) in [5.74, 6) is 1.36. The monoisotopic (exact) mass is 610 g/mol. The van der Waals surface area contributed by atoms with Crippen LogP contribution >= 0.6 is 0 Å². The van der Waals surface area contributed by atoms with Crippen LogP contribution in [0.3, 0.4) is 0 Å². The zero-order valence-electron chi connectivity index (χ0n) is 27.1. The number of hydrogen-bond donors (Lipinski definition) is 0. The van der Waals surface area contributed by atoms with Crippen LogP contribution in [0.25, 0.3) is 0 Å². The Balaban J connectivity index is 0.884. The molecule has 0 saturated heterocycles. The quantitative estimate of drug-likeness (QED) is 0.151. The van der Waals surface area contributed by atoms with Crippen LogP contribution < -0.4 is 0 Å². The number of allylic oxidation sites excluding steroid dienone is 4. The number of carbonyl (C=O) groups is 3. The third-order valence-electron chi connectivity index (χ3n) is 11.3. The van der Waals surface area contributed by atoms with Crippen LogP contribution in [0.15, 0.2) is 90.0 Å². The fraction of sp³-hybridized carbons (Fsp3) is 0.419. The molecule has 3 aromatic carbocycles. The topological polar surface area (TPSA) is 51.2 Å². The smallest absolute Gasteiger partial charge is 0.164 e. The summed E-state index contributed by atoms with van der Waals surface area (Å²) in [6.07, 6.45) is 20.1. The number of unbranched alkanes of at least 4 members (excludes halogenated alkanes) is 3. The molecule has 0 bridgehead atoms. The highest BCUT2D eigenvalue weighted by atomic mass is 16.1. The van der Waals surface area contributed by atoms with E-state index in [1.807, 2.05) is 18.2 Å². The SMILES string of the molecule is O=C(CCCCCCC(=O)c1ccc2c(c1)C(=O)CC21c2ccccc2Cc2ccccc21)CCC1=CC=C(C2CCCCC2)C1. The molecule has 0 aromatic heterocycles. The predicted octanol–water partition coefficient (Wildman–Crippen LogP) is 10.2. The molecule has 4 aliphatic rings. The molecule has 0 amide bonds. The first-order chi connectivity index (χ1) is 22.5. The minimum atomic E-state index is -0.486. The van der Waals surface area contributed by atoms with Crippen LogP contribution in [0.4, 0.5) is 0 Å². The number of Topliss-reactive ketones (excluding diaryl/α,β-unsaturated/α-hetero) is 3. The average molecular weight is 611 g/mol. The Hall–Kier alpha value is -3.85. The molecule has 0 N–H and O–H groups in total. The molecule has 1 spiro atoms. The standard InChI is InChI=1S/C43H46O3/c44-36(24-21-30-20-22-32(26-30)31-12-4-3-5-13-31)16-6-1-2-7-19-41(45)35-23-25-40-37(28-35)42(46)29-43(40)38-17-10-8-14-33(38)27-34-15-9-11-18-39(34)43/h8-11,14-15,17-18,20,22-23,25,28,31H,1-7,12-13,16,19,21,24,26-27,29H2. The number of benzene rings is 3. The van der Waals surface area contributed by atoms with E-state index in [0.29, 0.717) is 42.6 Å². The second-order valence-corrected chi connectivity index (χ2v) is 14.2. The van der Waals surface area contributed by atoms with E-state index in [1.165, 1.54) is 59.9 Å². The van der Waals surface area contributed by atoms with Crippen molar-refractivity contribution in [3.8, 4) is 0 Å². The summed E-state index contributed by atoms with van der Waals surface area (Å²) in [5, 5.41) is 0. The van der Waals surface area contributed by atoms with Crippen molar-refractivity contribution >= 4 is 17.3 Å². The van der Waals surface area contributed by atoms with Gasteiger partial charge < -0.3 is 0 Å². The van der Waals surface area contributed by atoms with E-state index in [-0.39, 0.29) is 11.6 Å². The predicted molar refractivity (Wildman–Crippen MR) is 185 cm³/mol. The Bertz CT molecular complexity index is 1670. The largest absolute Gasteiger partial charge is 0.300 e. The van der Waals surface area contributed by atoms with E-state index in [1.54, 1.807) is 5.57 Å². The summed E-state index contributed by atoms with van der Waals surface area (Å²) >= 11 is 0. The number of fused-ring (bicyclic) bond motifs is 6. The lowest BCUT2D eigenvalue weighted by molar-refractivity contribution is -0.119. The van der Waals surface area contributed by atoms with Gasteiger partial charge >= 0.3 is 0 Å². The second-order valence-electron chi connectivity index (χ2n) is 14.2. The van der Waals surface area contributed by atoms with Gasteiger partial charge in [0.2, 0.25) is 0 Å². The van der Waals surface area contributed by atoms with Gasteiger partial charge in [0.05, 0.1) is 5.41 Å². The molecule has 4 aliphatic carbocycles. The van der Waals surface area contributed by atoms with Crippen molar-refractivity contribution in [1.82, 2.24) is 0 Å². The van der Waals surface area contributed by atoms with Gasteiger partial charge in [-0.25, -0.2) is 0 Å². The third-order valence-corrected chi connectivity index (χ3v) is 11.3. The molecule has 7 rings (SSSR count). The van der Waals surface area contributed by atoms with Gasteiger partial charge in [-0.15, -0.1) is 0 Å². The highest BCUT2D eigenvalue weighted by Crippen LogP contribution is 2.53. The molecule has 0 radical (unpaired) electrons. The van der Waals surface area contributed by atoms with Crippen molar-refractivity contribution in [2.24, 2.45) is 5.92 Å². The van der Waals surface area contributed by atoms with Crippen molar-refractivity contribution in [2.75, 3.05) is 0 Å².